The fraction of sp³-hybridized carbons (Fsp3) is 0.632. The molecule has 2 aliphatic carbocycles. The van der Waals surface area contributed by atoms with Crippen molar-refractivity contribution < 1.29 is 13.2 Å². The molecule has 2 fully saturated rings. The first-order valence-electron chi connectivity index (χ1n) is 9.33. The first kappa shape index (κ1) is 18.4. The Morgan fingerprint density at radius 2 is 1.60 bits per heavy atom. The summed E-state index contributed by atoms with van der Waals surface area (Å²) in [6, 6.07) is 9.02. The van der Waals surface area contributed by atoms with Crippen molar-refractivity contribution in [3.8, 4) is 0 Å². The van der Waals surface area contributed by atoms with Crippen LogP contribution in [-0.4, -0.2) is 37.9 Å². The molecule has 0 heterocycles. The topological polar surface area (TPSA) is 66.5 Å². The van der Waals surface area contributed by atoms with Gasteiger partial charge in [-0.2, -0.15) is 0 Å². The molecule has 0 aliphatic heterocycles. The highest BCUT2D eigenvalue weighted by Gasteiger charge is 2.38. The van der Waals surface area contributed by atoms with Crippen molar-refractivity contribution in [3.05, 3.63) is 30.3 Å². The molecule has 6 heteroatoms. The molecule has 0 atom stereocenters. The van der Waals surface area contributed by atoms with Gasteiger partial charge in [-0.25, -0.2) is 13.1 Å². The van der Waals surface area contributed by atoms with Gasteiger partial charge in [-0.15, -0.1) is 0 Å². The lowest BCUT2D eigenvalue weighted by Gasteiger charge is -2.36. The maximum absolute atomic E-state index is 12.7. The summed E-state index contributed by atoms with van der Waals surface area (Å²) < 4.78 is 27.0. The van der Waals surface area contributed by atoms with E-state index < -0.39 is 10.0 Å². The minimum absolute atomic E-state index is 0.0952. The summed E-state index contributed by atoms with van der Waals surface area (Å²) in [4.78, 5) is 15.0. The highest BCUT2D eigenvalue weighted by Crippen LogP contribution is 2.35. The number of nitrogens with zero attached hydrogens (tertiary/aromatic N) is 1. The van der Waals surface area contributed by atoms with Gasteiger partial charge in [-0.1, -0.05) is 25.1 Å². The second kappa shape index (κ2) is 7.87. The van der Waals surface area contributed by atoms with Crippen LogP contribution in [0.4, 0.5) is 0 Å². The van der Waals surface area contributed by atoms with Crippen molar-refractivity contribution >= 4 is 15.9 Å². The zero-order valence-corrected chi connectivity index (χ0v) is 15.7. The molecular formula is C19H28N2O3S. The largest absolute Gasteiger partial charge is 0.337 e. The summed E-state index contributed by atoms with van der Waals surface area (Å²) in [6.07, 6.45) is 6.94. The number of carbonyl (C=O) groups is 1. The lowest BCUT2D eigenvalue weighted by Crippen LogP contribution is -2.44. The molecule has 1 aromatic rings. The number of hydrogen-bond acceptors (Lipinski definition) is 3. The van der Waals surface area contributed by atoms with E-state index in [0.717, 1.165) is 31.6 Å². The predicted molar refractivity (Wildman–Crippen MR) is 97.5 cm³/mol. The maximum atomic E-state index is 12.7. The van der Waals surface area contributed by atoms with Gasteiger partial charge in [-0.3, -0.25) is 4.79 Å². The molecule has 0 unspecified atom stereocenters. The molecule has 0 aromatic heterocycles. The van der Waals surface area contributed by atoms with Crippen LogP contribution in [0.25, 0.3) is 0 Å². The van der Waals surface area contributed by atoms with E-state index in [1.54, 1.807) is 30.3 Å². The van der Waals surface area contributed by atoms with Gasteiger partial charge in [0.25, 0.3) is 0 Å². The number of benzene rings is 1. The molecule has 3 rings (SSSR count). The van der Waals surface area contributed by atoms with Crippen LogP contribution in [0.5, 0.6) is 0 Å². The fourth-order valence-electron chi connectivity index (χ4n) is 3.68. The number of rotatable bonds is 7. The van der Waals surface area contributed by atoms with E-state index in [9.17, 15) is 13.2 Å². The predicted octanol–water partition coefficient (Wildman–Crippen LogP) is 2.92. The molecule has 0 spiro atoms. The van der Waals surface area contributed by atoms with E-state index in [-0.39, 0.29) is 23.8 Å². The van der Waals surface area contributed by atoms with Crippen LogP contribution in [0.3, 0.4) is 0 Å². The van der Waals surface area contributed by atoms with Crippen molar-refractivity contribution in [3.63, 3.8) is 0 Å². The molecular weight excluding hydrogens is 336 g/mol. The Hall–Kier alpha value is -1.40. The SMILES string of the molecule is CC1CCC(N(C(=O)CCNS(=O)(=O)c2ccccc2)C2CC2)CC1. The number of sulfonamides is 1. The van der Waals surface area contributed by atoms with E-state index >= 15 is 0 Å². The molecule has 0 bridgehead atoms. The van der Waals surface area contributed by atoms with Crippen LogP contribution >= 0.6 is 0 Å². The van der Waals surface area contributed by atoms with Gasteiger partial charge in [0.05, 0.1) is 4.90 Å². The van der Waals surface area contributed by atoms with Crippen LogP contribution in [-0.2, 0) is 14.8 Å². The minimum Gasteiger partial charge on any atom is -0.337 e. The zero-order valence-electron chi connectivity index (χ0n) is 14.9. The summed E-state index contributed by atoms with van der Waals surface area (Å²) >= 11 is 0. The Labute approximate surface area is 150 Å². The van der Waals surface area contributed by atoms with Crippen LogP contribution in [0.2, 0.25) is 0 Å². The molecule has 25 heavy (non-hydrogen) atoms. The summed E-state index contributed by atoms with van der Waals surface area (Å²) in [6.45, 7) is 2.43. The third-order valence-electron chi connectivity index (χ3n) is 5.29. The first-order chi connectivity index (χ1) is 12.0. The lowest BCUT2D eigenvalue weighted by molar-refractivity contribution is -0.134. The van der Waals surface area contributed by atoms with Gasteiger partial charge in [0.2, 0.25) is 15.9 Å². The van der Waals surface area contributed by atoms with Crippen molar-refractivity contribution in [1.82, 2.24) is 9.62 Å². The van der Waals surface area contributed by atoms with Crippen molar-refractivity contribution in [1.29, 1.82) is 0 Å². The Morgan fingerprint density at radius 1 is 1.04 bits per heavy atom. The van der Waals surface area contributed by atoms with Crippen LogP contribution in [0, 0.1) is 5.92 Å². The van der Waals surface area contributed by atoms with Crippen molar-refractivity contribution in [2.24, 2.45) is 5.92 Å². The first-order valence-corrected chi connectivity index (χ1v) is 10.8. The van der Waals surface area contributed by atoms with E-state index in [2.05, 4.69) is 16.5 Å². The smallest absolute Gasteiger partial charge is 0.240 e. The summed E-state index contributed by atoms with van der Waals surface area (Å²) in [5.74, 6) is 0.850. The molecule has 1 amide bonds. The number of hydrogen-bond donors (Lipinski definition) is 1. The van der Waals surface area contributed by atoms with E-state index in [1.165, 1.54) is 12.8 Å². The van der Waals surface area contributed by atoms with Gasteiger partial charge in [-0.05, 0) is 56.6 Å². The number of nitrogens with one attached hydrogen (secondary N) is 1. The van der Waals surface area contributed by atoms with Gasteiger partial charge < -0.3 is 4.90 Å². The van der Waals surface area contributed by atoms with E-state index in [4.69, 9.17) is 0 Å². The number of carbonyl (C=O) groups excluding carboxylic acids is 1. The molecule has 2 aliphatic rings. The standard InChI is InChI=1S/C19H28N2O3S/c1-15-7-9-16(10-8-15)21(17-11-12-17)19(22)13-14-20-25(23,24)18-5-3-2-4-6-18/h2-6,15-17,20H,7-14H2,1H3. The lowest BCUT2D eigenvalue weighted by atomic mass is 9.86. The Kier molecular flexibility index (Phi) is 5.79. The molecule has 1 N–H and O–H groups in total. The van der Waals surface area contributed by atoms with Crippen molar-refractivity contribution in [2.45, 2.75) is 68.8 Å². The quantitative estimate of drug-likeness (QED) is 0.809. The second-order valence-corrected chi connectivity index (χ2v) is 9.17. The maximum Gasteiger partial charge on any atom is 0.240 e. The second-order valence-electron chi connectivity index (χ2n) is 7.41. The molecule has 5 nitrogen and oxygen atoms in total. The number of amides is 1. The molecule has 0 radical (unpaired) electrons. The third-order valence-corrected chi connectivity index (χ3v) is 6.77. The molecule has 138 valence electrons. The molecule has 1 aromatic carbocycles. The molecule has 0 saturated heterocycles. The highest BCUT2D eigenvalue weighted by atomic mass is 32.2. The van der Waals surface area contributed by atoms with E-state index in [1.807, 2.05) is 0 Å². The zero-order chi connectivity index (χ0) is 17.9. The Balaban J connectivity index is 1.54. The van der Waals surface area contributed by atoms with Crippen LogP contribution in [0.15, 0.2) is 35.2 Å². The van der Waals surface area contributed by atoms with Gasteiger partial charge in [0, 0.05) is 25.0 Å². The Bertz CT molecular complexity index is 678. The average molecular weight is 365 g/mol. The monoisotopic (exact) mass is 364 g/mol. The highest BCUT2D eigenvalue weighted by molar-refractivity contribution is 7.89. The van der Waals surface area contributed by atoms with Crippen molar-refractivity contribution in [2.75, 3.05) is 6.54 Å². The summed E-state index contributed by atoms with van der Waals surface area (Å²) in [7, 11) is -3.54. The molecule has 2 saturated carbocycles. The van der Waals surface area contributed by atoms with Gasteiger partial charge in [0.1, 0.15) is 0 Å². The summed E-state index contributed by atoms with van der Waals surface area (Å²) in [5.41, 5.74) is 0. The average Bonchev–Trinajstić information content (AvgIpc) is 3.42. The minimum atomic E-state index is -3.54. The Morgan fingerprint density at radius 3 is 2.16 bits per heavy atom. The fourth-order valence-corrected chi connectivity index (χ4v) is 4.74. The van der Waals surface area contributed by atoms with Crippen LogP contribution in [0.1, 0.15) is 51.9 Å². The van der Waals surface area contributed by atoms with E-state index in [0.29, 0.717) is 12.1 Å². The normalized spacial score (nSPS) is 24.0. The van der Waals surface area contributed by atoms with Crippen LogP contribution < -0.4 is 4.72 Å². The van der Waals surface area contributed by atoms with Gasteiger partial charge >= 0.3 is 0 Å². The summed E-state index contributed by atoms with van der Waals surface area (Å²) in [5, 5.41) is 0. The third kappa shape index (κ3) is 4.82. The van der Waals surface area contributed by atoms with Gasteiger partial charge in [0.15, 0.2) is 0 Å².